The fraction of sp³-hybridized carbons (Fsp3) is 0.435. The number of sulfonamides is 1. The zero-order valence-corrected chi connectivity index (χ0v) is 20.1. The fourth-order valence-corrected chi connectivity index (χ4v) is 5.92. The molecular weight excluding hydrogens is 466 g/mol. The van der Waals surface area contributed by atoms with E-state index in [4.69, 9.17) is 21.1 Å². The molecule has 33 heavy (non-hydrogen) atoms. The predicted molar refractivity (Wildman–Crippen MR) is 127 cm³/mol. The highest BCUT2D eigenvalue weighted by Crippen LogP contribution is 2.30. The number of rotatable bonds is 7. The summed E-state index contributed by atoms with van der Waals surface area (Å²) in [6.07, 6.45) is 1.73. The van der Waals surface area contributed by atoms with Crippen LogP contribution >= 0.6 is 11.6 Å². The molecule has 8 nitrogen and oxygen atoms in total. The number of carbonyl (C=O) groups excluding carboxylic acids is 1. The van der Waals surface area contributed by atoms with Crippen LogP contribution in [0.5, 0.6) is 11.5 Å². The van der Waals surface area contributed by atoms with Crippen LogP contribution in [0.1, 0.15) is 12.8 Å². The van der Waals surface area contributed by atoms with E-state index in [1.54, 1.807) is 12.0 Å². The predicted octanol–water partition coefficient (Wildman–Crippen LogP) is 2.86. The lowest BCUT2D eigenvalue weighted by atomic mass is 10.2. The Balaban J connectivity index is 1.30. The van der Waals surface area contributed by atoms with Crippen molar-refractivity contribution in [3.63, 3.8) is 0 Å². The number of benzene rings is 2. The quantitative estimate of drug-likeness (QED) is 0.590. The molecule has 0 saturated carbocycles. The highest BCUT2D eigenvalue weighted by Gasteiger charge is 2.28. The fourth-order valence-electron chi connectivity index (χ4n) is 4.07. The Hall–Kier alpha value is -2.49. The van der Waals surface area contributed by atoms with Crippen molar-refractivity contribution in [2.24, 2.45) is 0 Å². The molecule has 4 rings (SSSR count). The molecule has 0 aliphatic carbocycles. The second-order valence-corrected chi connectivity index (χ2v) is 10.4. The first kappa shape index (κ1) is 23.7. The number of amides is 1. The third-order valence-electron chi connectivity index (χ3n) is 6.03. The van der Waals surface area contributed by atoms with Crippen LogP contribution in [0.25, 0.3) is 0 Å². The summed E-state index contributed by atoms with van der Waals surface area (Å²) in [5.74, 6) is 0.974. The van der Waals surface area contributed by atoms with E-state index < -0.39 is 10.0 Å². The molecule has 2 saturated heterocycles. The van der Waals surface area contributed by atoms with E-state index in [0.29, 0.717) is 31.9 Å². The molecule has 10 heteroatoms. The van der Waals surface area contributed by atoms with Crippen molar-refractivity contribution < 1.29 is 22.7 Å². The number of carbonyl (C=O) groups is 1. The van der Waals surface area contributed by atoms with Gasteiger partial charge in [-0.25, -0.2) is 8.42 Å². The average Bonchev–Trinajstić information content (AvgIpc) is 3.39. The van der Waals surface area contributed by atoms with Gasteiger partial charge in [0.2, 0.25) is 10.0 Å². The topological polar surface area (TPSA) is 79.4 Å². The van der Waals surface area contributed by atoms with Gasteiger partial charge in [0.25, 0.3) is 5.91 Å². The maximum Gasteiger partial charge on any atom is 0.260 e. The molecule has 2 aliphatic rings. The molecule has 0 N–H and O–H groups in total. The molecule has 2 aromatic carbocycles. The van der Waals surface area contributed by atoms with Gasteiger partial charge in [-0.2, -0.15) is 4.31 Å². The number of ether oxygens (including phenoxy) is 2. The smallest absolute Gasteiger partial charge is 0.260 e. The standard InChI is InChI=1S/C23H28ClN3O5S/c1-31-19-6-4-18(5-7-19)25-12-14-26(15-13-25)23(28)17-32-22-9-8-20(16-21(22)24)33(29,30)27-10-2-3-11-27/h4-9,16H,2-3,10-15,17H2,1H3. The Morgan fingerprint density at radius 2 is 1.64 bits per heavy atom. The summed E-state index contributed by atoms with van der Waals surface area (Å²) in [5, 5.41) is 0.174. The van der Waals surface area contributed by atoms with Crippen LogP contribution in [-0.4, -0.2) is 76.5 Å². The zero-order chi connectivity index (χ0) is 23.4. The third kappa shape index (κ3) is 5.37. The van der Waals surface area contributed by atoms with Crippen LogP contribution < -0.4 is 14.4 Å². The maximum atomic E-state index is 12.7. The van der Waals surface area contributed by atoms with Gasteiger partial charge in [-0.1, -0.05) is 11.6 Å². The first-order chi connectivity index (χ1) is 15.9. The largest absolute Gasteiger partial charge is 0.497 e. The van der Waals surface area contributed by atoms with E-state index in [0.717, 1.165) is 37.4 Å². The summed E-state index contributed by atoms with van der Waals surface area (Å²) in [6, 6.07) is 12.2. The van der Waals surface area contributed by atoms with E-state index >= 15 is 0 Å². The van der Waals surface area contributed by atoms with Crippen molar-refractivity contribution in [3.8, 4) is 11.5 Å². The van der Waals surface area contributed by atoms with Gasteiger partial charge in [0.1, 0.15) is 11.5 Å². The van der Waals surface area contributed by atoms with Gasteiger partial charge in [-0.15, -0.1) is 0 Å². The van der Waals surface area contributed by atoms with Crippen LogP contribution in [0.4, 0.5) is 5.69 Å². The van der Waals surface area contributed by atoms with Crippen LogP contribution in [0, 0.1) is 0 Å². The highest BCUT2D eigenvalue weighted by atomic mass is 35.5. The van der Waals surface area contributed by atoms with Crippen LogP contribution in [0.2, 0.25) is 5.02 Å². The van der Waals surface area contributed by atoms with Crippen LogP contribution in [0.15, 0.2) is 47.4 Å². The molecule has 2 fully saturated rings. The van der Waals surface area contributed by atoms with E-state index in [1.807, 2.05) is 24.3 Å². The van der Waals surface area contributed by atoms with Gasteiger partial charge < -0.3 is 19.3 Å². The Labute approximate surface area is 199 Å². The minimum Gasteiger partial charge on any atom is -0.497 e. The molecule has 2 aromatic rings. The summed E-state index contributed by atoms with van der Waals surface area (Å²) in [6.45, 7) is 3.53. The first-order valence-corrected chi connectivity index (χ1v) is 12.8. The molecule has 178 valence electrons. The van der Waals surface area contributed by atoms with Crippen molar-refractivity contribution in [1.29, 1.82) is 0 Å². The average molecular weight is 494 g/mol. The molecule has 0 spiro atoms. The van der Waals surface area contributed by atoms with Crippen molar-refractivity contribution in [1.82, 2.24) is 9.21 Å². The van der Waals surface area contributed by atoms with Crippen molar-refractivity contribution in [2.45, 2.75) is 17.7 Å². The zero-order valence-electron chi connectivity index (χ0n) is 18.6. The van der Waals surface area contributed by atoms with E-state index in [9.17, 15) is 13.2 Å². The molecule has 1 amide bonds. The molecule has 0 aromatic heterocycles. The van der Waals surface area contributed by atoms with Crippen LogP contribution in [0.3, 0.4) is 0 Å². The van der Waals surface area contributed by atoms with E-state index in [1.165, 1.54) is 22.5 Å². The normalized spacial score (nSPS) is 17.3. The van der Waals surface area contributed by atoms with E-state index in [-0.39, 0.29) is 22.4 Å². The molecule has 0 radical (unpaired) electrons. The number of anilines is 1. The molecular formula is C23H28ClN3O5S. The number of nitrogens with zero attached hydrogens (tertiary/aromatic N) is 3. The summed E-state index contributed by atoms with van der Waals surface area (Å²) in [7, 11) is -1.91. The molecule has 2 aliphatic heterocycles. The summed E-state index contributed by atoms with van der Waals surface area (Å²) >= 11 is 6.27. The molecule has 0 unspecified atom stereocenters. The second-order valence-electron chi connectivity index (χ2n) is 8.06. The number of hydrogen-bond acceptors (Lipinski definition) is 6. The highest BCUT2D eigenvalue weighted by molar-refractivity contribution is 7.89. The number of methoxy groups -OCH3 is 1. The van der Waals surface area contributed by atoms with Crippen LogP contribution in [-0.2, 0) is 14.8 Å². The van der Waals surface area contributed by atoms with Crippen molar-refractivity contribution >= 4 is 33.2 Å². The molecule has 2 heterocycles. The number of piperazine rings is 1. The lowest BCUT2D eigenvalue weighted by Crippen LogP contribution is -2.50. The number of halogens is 1. The number of hydrogen-bond donors (Lipinski definition) is 0. The molecule has 0 atom stereocenters. The van der Waals surface area contributed by atoms with Crippen molar-refractivity contribution in [2.75, 3.05) is 57.9 Å². The SMILES string of the molecule is COc1ccc(N2CCN(C(=O)COc3ccc(S(=O)(=O)N4CCCC4)cc3Cl)CC2)cc1. The van der Waals surface area contributed by atoms with Gasteiger partial charge >= 0.3 is 0 Å². The second kappa shape index (κ2) is 10.2. The van der Waals surface area contributed by atoms with Gasteiger partial charge in [0, 0.05) is 45.0 Å². The lowest BCUT2D eigenvalue weighted by Gasteiger charge is -2.36. The molecule has 0 bridgehead atoms. The van der Waals surface area contributed by atoms with Gasteiger partial charge in [-0.3, -0.25) is 4.79 Å². The summed E-state index contributed by atoms with van der Waals surface area (Å²) in [5.41, 5.74) is 1.09. The van der Waals surface area contributed by atoms with Gasteiger partial charge in [0.05, 0.1) is 17.0 Å². The first-order valence-electron chi connectivity index (χ1n) is 11.0. The summed E-state index contributed by atoms with van der Waals surface area (Å²) < 4.78 is 37.7. The minimum absolute atomic E-state index is 0.130. The summed E-state index contributed by atoms with van der Waals surface area (Å²) in [4.78, 5) is 16.8. The lowest BCUT2D eigenvalue weighted by molar-refractivity contribution is -0.133. The maximum absolute atomic E-state index is 12.7. The Kier molecular flexibility index (Phi) is 7.31. The monoisotopic (exact) mass is 493 g/mol. The van der Waals surface area contributed by atoms with Crippen molar-refractivity contribution in [3.05, 3.63) is 47.5 Å². The minimum atomic E-state index is -3.55. The van der Waals surface area contributed by atoms with Gasteiger partial charge in [-0.05, 0) is 55.3 Å². The third-order valence-corrected chi connectivity index (χ3v) is 8.22. The Morgan fingerprint density at radius 3 is 2.24 bits per heavy atom. The van der Waals surface area contributed by atoms with E-state index in [2.05, 4.69) is 4.90 Å². The van der Waals surface area contributed by atoms with Gasteiger partial charge in [0.15, 0.2) is 6.61 Å². The Bertz CT molecular complexity index is 1080. The Morgan fingerprint density at radius 1 is 0.970 bits per heavy atom.